The van der Waals surface area contributed by atoms with Crippen LogP contribution in [0.5, 0.6) is 5.75 Å². The van der Waals surface area contributed by atoms with Crippen molar-refractivity contribution in [2.75, 3.05) is 26.7 Å². The number of likely N-dealkylation sites (tertiary alicyclic amines) is 1. The van der Waals surface area contributed by atoms with Crippen LogP contribution in [0, 0.1) is 11.8 Å². The van der Waals surface area contributed by atoms with Crippen molar-refractivity contribution in [3.8, 4) is 5.75 Å². The molecule has 2 aliphatic rings. The summed E-state index contributed by atoms with van der Waals surface area (Å²) in [4.78, 5) is 2.60. The van der Waals surface area contributed by atoms with Crippen molar-refractivity contribution in [2.24, 2.45) is 11.8 Å². The van der Waals surface area contributed by atoms with Gasteiger partial charge in [0.1, 0.15) is 5.75 Å². The molecule has 3 atom stereocenters. The van der Waals surface area contributed by atoms with Crippen molar-refractivity contribution < 1.29 is 13.5 Å². The maximum absolute atomic E-state index is 10.9. The van der Waals surface area contributed by atoms with Crippen molar-refractivity contribution in [3.63, 3.8) is 0 Å². The Balaban J connectivity index is 1.29. The van der Waals surface area contributed by atoms with E-state index in [1.807, 2.05) is 18.2 Å². The lowest BCUT2D eigenvalue weighted by Crippen LogP contribution is -2.30. The highest BCUT2D eigenvalue weighted by atomic mass is 32.2. The van der Waals surface area contributed by atoms with Gasteiger partial charge in [0.05, 0.1) is 7.11 Å². The molecule has 6 heteroatoms. The number of benzene rings is 2. The number of hydrogen-bond acceptors (Lipinski definition) is 3. The van der Waals surface area contributed by atoms with Gasteiger partial charge in [0, 0.05) is 25.0 Å². The monoisotopic (exact) mass is 414 g/mol. The fraction of sp³-hybridized carbons (Fsp3) is 0.478. The van der Waals surface area contributed by atoms with Crippen LogP contribution in [-0.2, 0) is 29.6 Å². The number of nitrogens with zero attached hydrogens (tertiary/aromatic N) is 1. The van der Waals surface area contributed by atoms with E-state index >= 15 is 0 Å². The lowest BCUT2D eigenvalue weighted by Gasteiger charge is -2.25. The molecule has 29 heavy (non-hydrogen) atoms. The molecule has 1 heterocycles. The van der Waals surface area contributed by atoms with Crippen LogP contribution in [0.4, 0.5) is 0 Å². The average molecular weight is 415 g/mol. The van der Waals surface area contributed by atoms with Crippen LogP contribution in [0.15, 0.2) is 48.5 Å². The molecule has 1 aliphatic heterocycles. The molecular formula is C23H30N2O3S. The van der Waals surface area contributed by atoms with Crippen LogP contribution in [0.2, 0.25) is 0 Å². The molecular weight excluding hydrogens is 384 g/mol. The van der Waals surface area contributed by atoms with E-state index in [2.05, 4.69) is 46.9 Å². The Morgan fingerprint density at radius 3 is 2.69 bits per heavy atom. The number of ether oxygens (including phenoxy) is 1. The summed E-state index contributed by atoms with van der Waals surface area (Å²) >= 11 is -1.97. The summed E-state index contributed by atoms with van der Waals surface area (Å²) in [5.74, 6) is 2.41. The Morgan fingerprint density at radius 2 is 1.97 bits per heavy atom. The highest BCUT2D eigenvalue weighted by molar-refractivity contribution is 7.77. The fourth-order valence-corrected chi connectivity index (χ4v) is 5.43. The summed E-state index contributed by atoms with van der Waals surface area (Å²) in [5.41, 5.74) is 3.96. The van der Waals surface area contributed by atoms with E-state index in [0.717, 1.165) is 43.8 Å². The number of piperidine rings is 1. The van der Waals surface area contributed by atoms with Crippen LogP contribution in [0.3, 0.4) is 0 Å². The summed E-state index contributed by atoms with van der Waals surface area (Å²) in [6.07, 6.45) is 2.20. The SMILES string of the molecule is COc1ccccc1CCCN1CC2C(C1)C2(C)c1cccc(CNS(=O)O)c1. The summed E-state index contributed by atoms with van der Waals surface area (Å²) < 4.78 is 27.8. The van der Waals surface area contributed by atoms with Crippen LogP contribution in [0.25, 0.3) is 0 Å². The molecule has 1 saturated carbocycles. The number of methoxy groups -OCH3 is 1. The average Bonchev–Trinajstić information content (AvgIpc) is 3.07. The first-order valence-electron chi connectivity index (χ1n) is 10.3. The zero-order valence-corrected chi connectivity index (χ0v) is 18.0. The summed E-state index contributed by atoms with van der Waals surface area (Å²) in [5, 5.41) is 0. The number of aryl methyl sites for hydroxylation is 1. The molecule has 5 nitrogen and oxygen atoms in total. The van der Waals surface area contributed by atoms with Gasteiger partial charge in [-0.1, -0.05) is 49.4 Å². The zero-order valence-electron chi connectivity index (χ0n) is 17.1. The predicted molar refractivity (Wildman–Crippen MR) is 116 cm³/mol. The van der Waals surface area contributed by atoms with Gasteiger partial charge in [-0.25, -0.2) is 8.93 Å². The van der Waals surface area contributed by atoms with Crippen LogP contribution in [0.1, 0.15) is 30.0 Å². The molecule has 2 N–H and O–H groups in total. The topological polar surface area (TPSA) is 61.8 Å². The number of hydrogen-bond donors (Lipinski definition) is 2. The Kier molecular flexibility index (Phi) is 6.06. The van der Waals surface area contributed by atoms with E-state index in [9.17, 15) is 4.21 Å². The third kappa shape index (κ3) is 4.26. The van der Waals surface area contributed by atoms with E-state index in [0.29, 0.717) is 18.4 Å². The van der Waals surface area contributed by atoms with Gasteiger partial charge >= 0.3 is 0 Å². The van der Waals surface area contributed by atoms with Gasteiger partial charge in [0.2, 0.25) is 11.3 Å². The second-order valence-electron chi connectivity index (χ2n) is 8.44. The normalized spacial score (nSPS) is 26.9. The molecule has 0 bridgehead atoms. The van der Waals surface area contributed by atoms with Gasteiger partial charge in [-0.2, -0.15) is 0 Å². The third-order valence-corrected chi connectivity index (χ3v) is 7.28. The first-order chi connectivity index (χ1) is 14.0. The van der Waals surface area contributed by atoms with Gasteiger partial charge in [-0.15, -0.1) is 0 Å². The minimum absolute atomic E-state index is 0.244. The molecule has 2 aromatic carbocycles. The van der Waals surface area contributed by atoms with Crippen molar-refractivity contribution >= 4 is 11.3 Å². The molecule has 2 aromatic rings. The summed E-state index contributed by atoms with van der Waals surface area (Å²) in [7, 11) is 1.74. The maximum atomic E-state index is 10.9. The Labute approximate surface area is 175 Å². The Bertz CT molecular complexity index is 876. The van der Waals surface area contributed by atoms with Gasteiger partial charge in [-0.05, 0) is 54.0 Å². The molecule has 156 valence electrons. The Morgan fingerprint density at radius 1 is 1.21 bits per heavy atom. The van der Waals surface area contributed by atoms with Crippen molar-refractivity contribution in [2.45, 2.75) is 31.7 Å². The zero-order chi connectivity index (χ0) is 20.4. The lowest BCUT2D eigenvalue weighted by atomic mass is 9.91. The largest absolute Gasteiger partial charge is 0.496 e. The molecule has 0 amide bonds. The number of para-hydroxylation sites is 1. The van der Waals surface area contributed by atoms with Gasteiger partial charge in [0.15, 0.2) is 0 Å². The maximum Gasteiger partial charge on any atom is 0.232 e. The van der Waals surface area contributed by atoms with Crippen LogP contribution in [-0.4, -0.2) is 40.4 Å². The first kappa shape index (κ1) is 20.5. The van der Waals surface area contributed by atoms with Gasteiger partial charge in [0.25, 0.3) is 0 Å². The van der Waals surface area contributed by atoms with E-state index in [-0.39, 0.29) is 5.41 Å². The fourth-order valence-electron chi connectivity index (χ4n) is 5.14. The number of nitrogens with one attached hydrogen (secondary N) is 1. The molecule has 2 fully saturated rings. The van der Waals surface area contributed by atoms with Crippen molar-refractivity contribution in [1.82, 2.24) is 9.62 Å². The predicted octanol–water partition coefficient (Wildman–Crippen LogP) is 3.37. The molecule has 1 saturated heterocycles. The van der Waals surface area contributed by atoms with E-state index < -0.39 is 11.3 Å². The van der Waals surface area contributed by atoms with Crippen LogP contribution >= 0.6 is 0 Å². The minimum atomic E-state index is -1.97. The standard InChI is InChI=1S/C23H30N2O3S/c1-23(19-10-5-7-17(13-19)14-24-29(26)27)20-15-25(16-21(20)23)12-6-9-18-8-3-4-11-22(18)28-2/h3-5,7-8,10-11,13,20-21,24H,6,9,12,14-16H2,1-2H3,(H,26,27). The summed E-state index contributed by atoms with van der Waals surface area (Å²) in [6, 6.07) is 16.8. The molecule has 4 rings (SSSR count). The molecule has 0 radical (unpaired) electrons. The highest BCUT2D eigenvalue weighted by Gasteiger charge is 2.65. The quantitative estimate of drug-likeness (QED) is 0.618. The molecule has 3 unspecified atom stereocenters. The first-order valence-corrected chi connectivity index (χ1v) is 11.4. The molecule has 1 aliphatic carbocycles. The number of rotatable bonds is 9. The molecule has 0 spiro atoms. The number of fused-ring (bicyclic) bond motifs is 1. The molecule has 0 aromatic heterocycles. The van der Waals surface area contributed by atoms with E-state index in [1.165, 1.54) is 11.1 Å². The smallest absolute Gasteiger partial charge is 0.232 e. The third-order valence-electron chi connectivity index (χ3n) is 6.89. The van der Waals surface area contributed by atoms with E-state index in [1.54, 1.807) is 7.11 Å². The van der Waals surface area contributed by atoms with Crippen molar-refractivity contribution in [1.29, 1.82) is 0 Å². The second kappa shape index (κ2) is 8.56. The summed E-state index contributed by atoms with van der Waals surface area (Å²) in [6.45, 7) is 6.25. The van der Waals surface area contributed by atoms with Gasteiger partial charge < -0.3 is 9.64 Å². The van der Waals surface area contributed by atoms with Crippen LogP contribution < -0.4 is 9.46 Å². The lowest BCUT2D eigenvalue weighted by molar-refractivity contribution is 0.274. The van der Waals surface area contributed by atoms with Gasteiger partial charge in [-0.3, -0.25) is 4.55 Å². The minimum Gasteiger partial charge on any atom is -0.496 e. The Hall–Kier alpha value is -1.73. The van der Waals surface area contributed by atoms with E-state index in [4.69, 9.17) is 9.29 Å². The van der Waals surface area contributed by atoms with Crippen molar-refractivity contribution in [3.05, 3.63) is 65.2 Å². The highest BCUT2D eigenvalue weighted by Crippen LogP contribution is 2.63. The second-order valence-corrected chi connectivity index (χ2v) is 9.23.